The number of guanidine groups is 1. The minimum atomic E-state index is -0.0288. The first-order chi connectivity index (χ1) is 11.4. The smallest absolute Gasteiger partial charge is 0.222 e. The van der Waals surface area contributed by atoms with Crippen molar-refractivity contribution in [1.82, 2.24) is 15.5 Å². The van der Waals surface area contributed by atoms with Crippen LogP contribution in [0.4, 0.5) is 0 Å². The maximum absolute atomic E-state index is 11.8. The third-order valence-electron chi connectivity index (χ3n) is 3.79. The van der Waals surface area contributed by atoms with Crippen molar-refractivity contribution >= 4 is 11.9 Å². The molecular formula is C19H30N4O. The summed E-state index contributed by atoms with van der Waals surface area (Å²) in [6, 6.07) is 8.36. The van der Waals surface area contributed by atoms with Gasteiger partial charge in [0.2, 0.25) is 5.91 Å². The van der Waals surface area contributed by atoms with Crippen LogP contribution in [0.5, 0.6) is 0 Å². The predicted molar refractivity (Wildman–Crippen MR) is 98.8 cm³/mol. The number of aliphatic imine (C=N–C) groups is 1. The first kappa shape index (κ1) is 18.3. The van der Waals surface area contributed by atoms with E-state index < -0.39 is 0 Å². The maximum atomic E-state index is 11.8. The molecule has 0 unspecified atom stereocenters. The van der Waals surface area contributed by atoms with E-state index in [1.807, 2.05) is 11.0 Å². The van der Waals surface area contributed by atoms with Crippen LogP contribution in [-0.2, 0) is 17.9 Å². The summed E-state index contributed by atoms with van der Waals surface area (Å²) in [5.74, 6) is 1.09. The number of amides is 1. The van der Waals surface area contributed by atoms with Gasteiger partial charge in [0.1, 0.15) is 0 Å². The lowest BCUT2D eigenvalue weighted by atomic mass is 10.1. The van der Waals surface area contributed by atoms with Crippen LogP contribution < -0.4 is 10.6 Å². The molecule has 5 nitrogen and oxygen atoms in total. The average Bonchev–Trinajstić information content (AvgIpc) is 2.89. The van der Waals surface area contributed by atoms with Crippen molar-refractivity contribution in [3.8, 4) is 0 Å². The van der Waals surface area contributed by atoms with Gasteiger partial charge in [0.25, 0.3) is 0 Å². The maximum Gasteiger partial charge on any atom is 0.222 e. The molecule has 2 rings (SSSR count). The van der Waals surface area contributed by atoms with E-state index in [2.05, 4.69) is 61.5 Å². The summed E-state index contributed by atoms with van der Waals surface area (Å²) in [7, 11) is 0. The van der Waals surface area contributed by atoms with Gasteiger partial charge in [-0.05, 0) is 45.2 Å². The number of hydrogen-bond donors (Lipinski definition) is 2. The fourth-order valence-electron chi connectivity index (χ4n) is 2.75. The van der Waals surface area contributed by atoms with Crippen LogP contribution in [0.1, 0.15) is 51.7 Å². The van der Waals surface area contributed by atoms with E-state index >= 15 is 0 Å². The standard InChI is InChI=1S/C19H30N4O/c1-5-20-18(22-19(2,3)4)21-13-15-8-6-9-16(12-15)14-23-11-7-10-17(23)24/h6,8-9,12H,5,7,10-11,13-14H2,1-4H3,(H2,20,21,22). The molecule has 1 aromatic carbocycles. The lowest BCUT2D eigenvalue weighted by Crippen LogP contribution is -2.47. The largest absolute Gasteiger partial charge is 0.357 e. The van der Waals surface area contributed by atoms with E-state index in [0.29, 0.717) is 19.5 Å². The molecule has 0 bridgehead atoms. The molecule has 0 saturated carbocycles. The minimum Gasteiger partial charge on any atom is -0.357 e. The van der Waals surface area contributed by atoms with Crippen molar-refractivity contribution in [3.63, 3.8) is 0 Å². The number of likely N-dealkylation sites (tertiary alicyclic amines) is 1. The van der Waals surface area contributed by atoms with Crippen LogP contribution in [0.3, 0.4) is 0 Å². The Kier molecular flexibility index (Phi) is 6.23. The highest BCUT2D eigenvalue weighted by Gasteiger charge is 2.19. The normalized spacial score (nSPS) is 15.8. The molecule has 0 spiro atoms. The Bertz CT molecular complexity index is 589. The lowest BCUT2D eigenvalue weighted by Gasteiger charge is -2.23. The van der Waals surface area contributed by atoms with Gasteiger partial charge in [-0.15, -0.1) is 0 Å². The van der Waals surface area contributed by atoms with E-state index in [-0.39, 0.29) is 11.4 Å². The van der Waals surface area contributed by atoms with Gasteiger partial charge in [0.05, 0.1) is 6.54 Å². The van der Waals surface area contributed by atoms with Crippen LogP contribution in [-0.4, -0.2) is 35.4 Å². The molecule has 0 aromatic heterocycles. The Balaban J connectivity index is 2.01. The van der Waals surface area contributed by atoms with Crippen LogP contribution in [0.25, 0.3) is 0 Å². The molecular weight excluding hydrogens is 300 g/mol. The van der Waals surface area contributed by atoms with Crippen LogP contribution in [0.2, 0.25) is 0 Å². The fraction of sp³-hybridized carbons (Fsp3) is 0.579. The third kappa shape index (κ3) is 5.87. The molecule has 1 amide bonds. The fourth-order valence-corrected chi connectivity index (χ4v) is 2.75. The number of benzene rings is 1. The number of rotatable bonds is 5. The van der Waals surface area contributed by atoms with Gasteiger partial charge < -0.3 is 15.5 Å². The van der Waals surface area contributed by atoms with Crippen LogP contribution >= 0.6 is 0 Å². The van der Waals surface area contributed by atoms with E-state index in [1.54, 1.807) is 0 Å². The highest BCUT2D eigenvalue weighted by Crippen LogP contribution is 2.15. The van der Waals surface area contributed by atoms with E-state index in [9.17, 15) is 4.79 Å². The monoisotopic (exact) mass is 330 g/mol. The quantitative estimate of drug-likeness (QED) is 0.645. The minimum absolute atomic E-state index is 0.0288. The third-order valence-corrected chi connectivity index (χ3v) is 3.79. The Morgan fingerprint density at radius 2 is 2.04 bits per heavy atom. The summed E-state index contributed by atoms with van der Waals surface area (Å²) in [4.78, 5) is 18.4. The molecule has 132 valence electrons. The second-order valence-corrected chi connectivity index (χ2v) is 7.31. The van der Waals surface area contributed by atoms with E-state index in [1.165, 1.54) is 5.56 Å². The zero-order valence-corrected chi connectivity index (χ0v) is 15.4. The van der Waals surface area contributed by atoms with Gasteiger partial charge in [-0.2, -0.15) is 0 Å². The zero-order chi connectivity index (χ0) is 17.6. The number of nitrogens with one attached hydrogen (secondary N) is 2. The molecule has 1 aliphatic heterocycles. The Hall–Kier alpha value is -2.04. The highest BCUT2D eigenvalue weighted by molar-refractivity contribution is 5.80. The predicted octanol–water partition coefficient (Wildman–Crippen LogP) is 2.66. The molecule has 1 heterocycles. The second kappa shape index (κ2) is 8.18. The summed E-state index contributed by atoms with van der Waals surface area (Å²) >= 11 is 0. The number of nitrogens with zero attached hydrogens (tertiary/aromatic N) is 2. The van der Waals surface area contributed by atoms with Crippen molar-refractivity contribution in [3.05, 3.63) is 35.4 Å². The summed E-state index contributed by atoms with van der Waals surface area (Å²) < 4.78 is 0. The number of carbonyl (C=O) groups is 1. The molecule has 2 N–H and O–H groups in total. The molecule has 5 heteroatoms. The zero-order valence-electron chi connectivity index (χ0n) is 15.4. The summed E-state index contributed by atoms with van der Waals surface area (Å²) in [5.41, 5.74) is 2.30. The van der Waals surface area contributed by atoms with Crippen LogP contribution in [0, 0.1) is 0 Å². The Morgan fingerprint density at radius 3 is 2.67 bits per heavy atom. The first-order valence-corrected chi connectivity index (χ1v) is 8.79. The highest BCUT2D eigenvalue weighted by atomic mass is 16.2. The Labute approximate surface area is 145 Å². The van der Waals surface area contributed by atoms with Gasteiger partial charge in [-0.25, -0.2) is 4.99 Å². The lowest BCUT2D eigenvalue weighted by molar-refractivity contribution is -0.128. The van der Waals surface area contributed by atoms with Gasteiger partial charge in [-0.1, -0.05) is 24.3 Å². The van der Waals surface area contributed by atoms with Crippen molar-refractivity contribution in [2.24, 2.45) is 4.99 Å². The first-order valence-electron chi connectivity index (χ1n) is 8.79. The molecule has 0 radical (unpaired) electrons. The molecule has 1 aliphatic rings. The molecule has 1 fully saturated rings. The van der Waals surface area contributed by atoms with E-state index in [0.717, 1.165) is 31.0 Å². The van der Waals surface area contributed by atoms with Gasteiger partial charge in [-0.3, -0.25) is 4.79 Å². The topological polar surface area (TPSA) is 56.7 Å². The molecule has 1 saturated heterocycles. The van der Waals surface area contributed by atoms with Crippen molar-refractivity contribution < 1.29 is 4.79 Å². The second-order valence-electron chi connectivity index (χ2n) is 7.31. The molecule has 1 aromatic rings. The van der Waals surface area contributed by atoms with E-state index in [4.69, 9.17) is 0 Å². The van der Waals surface area contributed by atoms with Crippen molar-refractivity contribution in [2.45, 2.75) is 59.2 Å². The summed E-state index contributed by atoms with van der Waals surface area (Å²) in [6.45, 7) is 11.5. The molecule has 0 aliphatic carbocycles. The van der Waals surface area contributed by atoms with Crippen LogP contribution in [0.15, 0.2) is 29.3 Å². The SMILES string of the molecule is CCNC(=NCc1cccc(CN2CCCC2=O)c1)NC(C)(C)C. The number of hydrogen-bond acceptors (Lipinski definition) is 2. The van der Waals surface area contributed by atoms with Gasteiger partial charge >= 0.3 is 0 Å². The van der Waals surface area contributed by atoms with Gasteiger partial charge in [0, 0.05) is 31.6 Å². The summed E-state index contributed by atoms with van der Waals surface area (Å²) in [6.07, 6.45) is 1.67. The summed E-state index contributed by atoms with van der Waals surface area (Å²) in [5, 5.41) is 6.67. The molecule has 0 atom stereocenters. The van der Waals surface area contributed by atoms with Crippen molar-refractivity contribution in [2.75, 3.05) is 13.1 Å². The Morgan fingerprint density at radius 1 is 1.29 bits per heavy atom. The number of carbonyl (C=O) groups excluding carboxylic acids is 1. The molecule has 24 heavy (non-hydrogen) atoms. The average molecular weight is 330 g/mol. The van der Waals surface area contributed by atoms with Gasteiger partial charge in [0.15, 0.2) is 5.96 Å². The van der Waals surface area contributed by atoms with Crippen molar-refractivity contribution in [1.29, 1.82) is 0 Å².